The second-order valence-electron chi connectivity index (χ2n) is 8.14. The Morgan fingerprint density at radius 2 is 1.61 bits per heavy atom. The molecule has 2 aliphatic heterocycles. The highest BCUT2D eigenvalue weighted by Crippen LogP contribution is 2.44. The van der Waals surface area contributed by atoms with Crippen LogP contribution >= 0.6 is 0 Å². The van der Waals surface area contributed by atoms with E-state index in [9.17, 15) is 9.59 Å². The summed E-state index contributed by atoms with van der Waals surface area (Å²) in [6, 6.07) is 25.1. The summed E-state index contributed by atoms with van der Waals surface area (Å²) in [7, 11) is 2.01. The van der Waals surface area contributed by atoms with Gasteiger partial charge in [0.15, 0.2) is 0 Å². The van der Waals surface area contributed by atoms with Crippen LogP contribution in [0.5, 0.6) is 0 Å². The number of hydrogen-bond acceptors (Lipinski definition) is 3. The van der Waals surface area contributed by atoms with Gasteiger partial charge in [-0.1, -0.05) is 48.5 Å². The molecule has 0 fully saturated rings. The lowest BCUT2D eigenvalue weighted by molar-refractivity contribution is 0.0624. The highest BCUT2D eigenvalue weighted by atomic mass is 16.2. The van der Waals surface area contributed by atoms with Crippen molar-refractivity contribution in [3.63, 3.8) is 0 Å². The number of rotatable bonds is 1. The Bertz CT molecular complexity index is 1360. The van der Waals surface area contributed by atoms with E-state index in [2.05, 4.69) is 11.0 Å². The predicted molar refractivity (Wildman–Crippen MR) is 120 cm³/mol. The van der Waals surface area contributed by atoms with Gasteiger partial charge in [-0.2, -0.15) is 0 Å². The van der Waals surface area contributed by atoms with Crippen molar-refractivity contribution in [3.05, 3.63) is 101 Å². The van der Waals surface area contributed by atoms with E-state index < -0.39 is 0 Å². The summed E-state index contributed by atoms with van der Waals surface area (Å²) in [4.78, 5) is 31.1. The van der Waals surface area contributed by atoms with Gasteiger partial charge in [0.2, 0.25) is 0 Å². The smallest absolute Gasteiger partial charge is 0.262 e. The Labute approximate surface area is 180 Å². The molecule has 2 aliphatic rings. The van der Waals surface area contributed by atoms with Crippen LogP contribution in [0.15, 0.2) is 78.9 Å². The Morgan fingerprint density at radius 3 is 2.45 bits per heavy atom. The average molecular weight is 407 g/mol. The zero-order chi connectivity index (χ0) is 21.1. The maximum atomic E-state index is 13.7. The van der Waals surface area contributed by atoms with E-state index in [1.54, 1.807) is 0 Å². The van der Waals surface area contributed by atoms with Crippen LogP contribution in [-0.2, 0) is 6.42 Å². The number of carbonyl (C=O) groups excluding carboxylic acids is 2. The summed E-state index contributed by atoms with van der Waals surface area (Å²) in [5.74, 6) is -0.0482. The Balaban J connectivity index is 1.64. The fourth-order valence-corrected chi connectivity index (χ4v) is 5.14. The lowest BCUT2D eigenvalue weighted by Crippen LogP contribution is -2.51. The number of nitrogens with zero attached hydrogens (tertiary/aromatic N) is 3. The van der Waals surface area contributed by atoms with Crippen LogP contribution in [0.25, 0.3) is 10.9 Å². The molecule has 0 saturated carbocycles. The molecule has 0 saturated heterocycles. The molecule has 1 amide bonds. The third-order valence-electron chi connectivity index (χ3n) is 6.53. The van der Waals surface area contributed by atoms with Gasteiger partial charge < -0.3 is 9.80 Å². The van der Waals surface area contributed by atoms with Crippen molar-refractivity contribution in [2.45, 2.75) is 12.6 Å². The highest BCUT2D eigenvalue weighted by Gasteiger charge is 2.43. The van der Waals surface area contributed by atoms with Gasteiger partial charge in [0.25, 0.3) is 11.8 Å². The number of hydrogen-bond donors (Lipinski definition) is 0. The molecule has 0 bridgehead atoms. The maximum Gasteiger partial charge on any atom is 0.262 e. The lowest BCUT2D eigenvalue weighted by Gasteiger charge is -2.46. The molecule has 6 rings (SSSR count). The van der Waals surface area contributed by atoms with Crippen molar-refractivity contribution in [1.29, 1.82) is 0 Å². The molecule has 0 unspecified atom stereocenters. The molecule has 31 heavy (non-hydrogen) atoms. The van der Waals surface area contributed by atoms with Gasteiger partial charge in [-0.15, -0.1) is 0 Å². The van der Waals surface area contributed by atoms with Crippen LogP contribution in [0.3, 0.4) is 0 Å². The molecule has 0 aliphatic carbocycles. The summed E-state index contributed by atoms with van der Waals surface area (Å²) < 4.78 is 1.83. The van der Waals surface area contributed by atoms with Gasteiger partial charge in [-0.25, -0.2) is 0 Å². The van der Waals surface area contributed by atoms with Crippen LogP contribution in [0, 0.1) is 0 Å². The molecule has 5 heteroatoms. The molecular formula is C26H21N3O2. The topological polar surface area (TPSA) is 45.6 Å². The number of para-hydroxylation sites is 2. The fourth-order valence-electron chi connectivity index (χ4n) is 5.14. The molecule has 4 aromatic rings. The van der Waals surface area contributed by atoms with Crippen molar-refractivity contribution in [2.75, 3.05) is 18.5 Å². The molecular weight excluding hydrogens is 386 g/mol. The van der Waals surface area contributed by atoms with Crippen LogP contribution in [0.1, 0.15) is 38.1 Å². The number of amides is 1. The first-order valence-electron chi connectivity index (χ1n) is 10.5. The number of benzene rings is 3. The van der Waals surface area contributed by atoms with Crippen molar-refractivity contribution in [3.8, 4) is 0 Å². The predicted octanol–water partition coefficient (Wildman–Crippen LogP) is 4.48. The number of aromatic nitrogens is 1. The largest absolute Gasteiger partial charge is 0.349 e. The zero-order valence-electron chi connectivity index (χ0n) is 17.2. The lowest BCUT2D eigenvalue weighted by atomic mass is 9.96. The van der Waals surface area contributed by atoms with E-state index in [1.165, 1.54) is 0 Å². The SMILES string of the molecule is CN1c2ccccc2C(=O)N2CCc3c(n(C(=O)c4ccccc4)c4ccccc34)[C@H]21. The van der Waals surface area contributed by atoms with Gasteiger partial charge in [-0.05, 0) is 42.3 Å². The molecule has 152 valence electrons. The quantitative estimate of drug-likeness (QED) is 0.467. The van der Waals surface area contributed by atoms with Gasteiger partial charge in [-0.3, -0.25) is 14.2 Å². The molecule has 0 N–H and O–H groups in total. The minimum Gasteiger partial charge on any atom is -0.349 e. The number of carbonyl (C=O) groups is 2. The third-order valence-corrected chi connectivity index (χ3v) is 6.53. The molecule has 1 aromatic heterocycles. The van der Waals surface area contributed by atoms with E-state index in [1.807, 2.05) is 89.3 Å². The zero-order valence-corrected chi connectivity index (χ0v) is 17.2. The summed E-state index contributed by atoms with van der Waals surface area (Å²) in [5.41, 5.74) is 5.18. The van der Waals surface area contributed by atoms with Crippen LogP contribution in [0.4, 0.5) is 5.69 Å². The van der Waals surface area contributed by atoms with Crippen molar-refractivity contribution < 1.29 is 9.59 Å². The average Bonchev–Trinajstić information content (AvgIpc) is 3.17. The summed E-state index contributed by atoms with van der Waals surface area (Å²) >= 11 is 0. The Hall–Kier alpha value is -3.86. The van der Waals surface area contributed by atoms with Gasteiger partial charge in [0.05, 0.1) is 22.5 Å². The van der Waals surface area contributed by atoms with E-state index in [4.69, 9.17) is 0 Å². The molecule has 3 heterocycles. The summed E-state index contributed by atoms with van der Waals surface area (Å²) in [6.07, 6.45) is 0.398. The van der Waals surface area contributed by atoms with Crippen molar-refractivity contribution in [1.82, 2.24) is 9.47 Å². The second-order valence-corrected chi connectivity index (χ2v) is 8.14. The minimum atomic E-state index is -0.328. The maximum absolute atomic E-state index is 13.7. The summed E-state index contributed by atoms with van der Waals surface area (Å²) in [5, 5.41) is 1.08. The van der Waals surface area contributed by atoms with Crippen molar-refractivity contribution >= 4 is 28.4 Å². The Morgan fingerprint density at radius 1 is 0.903 bits per heavy atom. The van der Waals surface area contributed by atoms with Crippen LogP contribution in [0.2, 0.25) is 0 Å². The monoisotopic (exact) mass is 407 g/mol. The number of anilines is 1. The molecule has 0 spiro atoms. The first-order chi connectivity index (χ1) is 15.2. The Kier molecular flexibility index (Phi) is 3.81. The van der Waals surface area contributed by atoms with Gasteiger partial charge in [0, 0.05) is 24.5 Å². The molecule has 5 nitrogen and oxygen atoms in total. The van der Waals surface area contributed by atoms with Gasteiger partial charge >= 0.3 is 0 Å². The standard InChI is InChI=1S/C26H21N3O2/c1-27-21-13-7-6-12-20(21)26(31)28-16-15-19-18-11-5-8-14-22(18)29(23(19)24(27)28)25(30)17-9-3-2-4-10-17/h2-14,24H,15-16H2,1H3/t24-/m0/s1. The fraction of sp³-hybridized carbons (Fsp3) is 0.154. The normalized spacial score (nSPS) is 17.3. The van der Waals surface area contributed by atoms with Crippen molar-refractivity contribution in [2.24, 2.45) is 0 Å². The van der Waals surface area contributed by atoms with E-state index in [0.29, 0.717) is 17.7 Å². The van der Waals surface area contributed by atoms with Crippen LogP contribution in [-0.4, -0.2) is 34.9 Å². The first kappa shape index (κ1) is 18.0. The van der Waals surface area contributed by atoms with E-state index >= 15 is 0 Å². The highest BCUT2D eigenvalue weighted by molar-refractivity contribution is 6.06. The molecule has 1 atom stereocenters. The first-order valence-corrected chi connectivity index (χ1v) is 10.5. The van der Waals surface area contributed by atoms with Gasteiger partial charge in [0.1, 0.15) is 6.17 Å². The number of fused-ring (bicyclic) bond motifs is 6. The van der Waals surface area contributed by atoms with Crippen LogP contribution < -0.4 is 4.90 Å². The molecule has 0 radical (unpaired) electrons. The van der Waals surface area contributed by atoms with E-state index in [0.717, 1.165) is 34.3 Å². The minimum absolute atomic E-state index is 0.0216. The third kappa shape index (κ3) is 2.43. The van der Waals surface area contributed by atoms with E-state index in [-0.39, 0.29) is 18.0 Å². The molecule has 3 aromatic carbocycles. The second kappa shape index (κ2) is 6.57. The summed E-state index contributed by atoms with van der Waals surface area (Å²) in [6.45, 7) is 0.628.